The van der Waals surface area contributed by atoms with Crippen LogP contribution in [0.1, 0.15) is 18.4 Å². The van der Waals surface area contributed by atoms with E-state index in [1.165, 1.54) is 5.56 Å². The van der Waals surface area contributed by atoms with Gasteiger partial charge in [0.15, 0.2) is 18.2 Å². The number of imidazole rings is 1. The number of H-pyrrole nitrogens is 2. The van der Waals surface area contributed by atoms with Crippen LogP contribution in [0.5, 0.6) is 0 Å². The number of urea groups is 1. The van der Waals surface area contributed by atoms with E-state index in [-0.39, 0.29) is 6.03 Å². The topological polar surface area (TPSA) is 238 Å². The summed E-state index contributed by atoms with van der Waals surface area (Å²) in [5.74, 6) is -0.866. The molecule has 0 unspecified atom stereocenters. The fourth-order valence-corrected chi connectivity index (χ4v) is 4.49. The molecule has 0 radical (unpaired) electrons. The molecule has 1 saturated carbocycles. The molecule has 1 aliphatic carbocycles. The van der Waals surface area contributed by atoms with Crippen molar-refractivity contribution in [3.63, 3.8) is 0 Å². The number of rotatable bonds is 6. The molecule has 3 aromatic rings. The van der Waals surface area contributed by atoms with Gasteiger partial charge in [0.2, 0.25) is 0 Å². The standard InChI is InChI=1S/C19H23N7O2.C6H10O7/c27-19(21-13-2-3-13)24-16-10-20-25-17(16)18-22-14-4-1-12(9-15(14)23-18)11-26-5-7-28-8-6-26;7-1-2(8)4(5(10)11)13-6(12)3(1)9/h1,4,9-10,13H,2-3,5-8,11H2,(H,20,25)(H,22,23)(H2,21,24,27);1-4,6-9,12H,(H,10,11)/t;1-,2-,3+,4-,6+/m.0/s1. The zero-order valence-corrected chi connectivity index (χ0v) is 21.9. The number of hydrogen-bond acceptors (Lipinski definition) is 11. The molecular formula is C25H33N7O9. The van der Waals surface area contributed by atoms with E-state index in [4.69, 9.17) is 30.3 Å². The third-order valence-electron chi connectivity index (χ3n) is 6.92. The first-order valence-corrected chi connectivity index (χ1v) is 13.2. The van der Waals surface area contributed by atoms with Crippen molar-refractivity contribution in [1.82, 2.24) is 30.4 Å². The number of ether oxygens (including phenoxy) is 2. The van der Waals surface area contributed by atoms with Gasteiger partial charge < -0.3 is 50.6 Å². The molecule has 1 aromatic carbocycles. The van der Waals surface area contributed by atoms with Gasteiger partial charge >= 0.3 is 12.0 Å². The lowest BCUT2D eigenvalue weighted by molar-refractivity contribution is -0.279. The molecule has 0 bridgehead atoms. The highest BCUT2D eigenvalue weighted by atomic mass is 16.6. The molecule has 2 amide bonds. The van der Waals surface area contributed by atoms with Crippen molar-refractivity contribution in [3.05, 3.63) is 30.0 Å². The third-order valence-corrected chi connectivity index (χ3v) is 6.92. The van der Waals surface area contributed by atoms with Gasteiger partial charge in [-0.05, 0) is 30.5 Å². The van der Waals surface area contributed by atoms with Gasteiger partial charge in [0, 0.05) is 25.7 Å². The quantitative estimate of drug-likeness (QED) is 0.171. The molecule has 16 heteroatoms. The molecule has 2 aromatic heterocycles. The van der Waals surface area contributed by atoms with Crippen LogP contribution in [0.25, 0.3) is 22.6 Å². The average molecular weight is 576 g/mol. The van der Waals surface area contributed by atoms with Crippen LogP contribution in [0.15, 0.2) is 24.4 Å². The lowest BCUT2D eigenvalue weighted by Gasteiger charge is -2.36. The van der Waals surface area contributed by atoms with Gasteiger partial charge in [-0.25, -0.2) is 14.6 Å². The summed E-state index contributed by atoms with van der Waals surface area (Å²) < 4.78 is 9.75. The number of aliphatic hydroxyl groups is 4. The van der Waals surface area contributed by atoms with E-state index in [9.17, 15) is 9.59 Å². The number of carbonyl (C=O) groups is 2. The number of aromatic nitrogens is 4. The first-order valence-electron chi connectivity index (χ1n) is 13.2. The Balaban J connectivity index is 0.000000219. The molecular weight excluding hydrogens is 542 g/mol. The fourth-order valence-electron chi connectivity index (χ4n) is 4.49. The predicted octanol–water partition coefficient (Wildman–Crippen LogP) is -1.06. The Hall–Kier alpha value is -3.64. The normalized spacial score (nSPS) is 26.7. The molecule has 222 valence electrons. The van der Waals surface area contributed by atoms with Crippen molar-refractivity contribution in [1.29, 1.82) is 0 Å². The summed E-state index contributed by atoms with van der Waals surface area (Å²) in [6.07, 6.45) is -5.04. The smallest absolute Gasteiger partial charge is 0.335 e. The maximum Gasteiger partial charge on any atom is 0.335 e. The minimum atomic E-state index is -1.81. The van der Waals surface area contributed by atoms with E-state index in [1.807, 2.05) is 6.07 Å². The van der Waals surface area contributed by atoms with E-state index in [0.717, 1.165) is 56.7 Å². The lowest BCUT2D eigenvalue weighted by atomic mass is 9.99. The molecule has 3 fully saturated rings. The van der Waals surface area contributed by atoms with Crippen LogP contribution in [0, 0.1) is 0 Å². The molecule has 9 N–H and O–H groups in total. The highest BCUT2D eigenvalue weighted by Crippen LogP contribution is 2.27. The van der Waals surface area contributed by atoms with Crippen molar-refractivity contribution in [2.24, 2.45) is 0 Å². The zero-order chi connectivity index (χ0) is 29.1. The second kappa shape index (κ2) is 12.5. The summed E-state index contributed by atoms with van der Waals surface area (Å²) in [4.78, 5) is 32.8. The first-order chi connectivity index (χ1) is 19.7. The number of benzene rings is 1. The number of carbonyl (C=O) groups excluding carboxylic acids is 1. The largest absolute Gasteiger partial charge is 0.479 e. The number of aromatic amines is 2. The van der Waals surface area contributed by atoms with Gasteiger partial charge in [-0.3, -0.25) is 10.00 Å². The Morgan fingerprint density at radius 3 is 2.54 bits per heavy atom. The van der Waals surface area contributed by atoms with Crippen molar-refractivity contribution in [2.45, 2.75) is 56.1 Å². The molecule has 6 rings (SSSR count). The van der Waals surface area contributed by atoms with Gasteiger partial charge in [0.25, 0.3) is 0 Å². The van der Waals surface area contributed by atoms with E-state index < -0.39 is 36.7 Å². The Labute approximate surface area is 233 Å². The van der Waals surface area contributed by atoms with Crippen LogP contribution in [0.2, 0.25) is 0 Å². The monoisotopic (exact) mass is 575 g/mol. The maximum absolute atomic E-state index is 12.0. The molecule has 3 aliphatic rings. The van der Waals surface area contributed by atoms with Gasteiger partial charge in [0.1, 0.15) is 24.0 Å². The Bertz CT molecular complexity index is 1350. The Morgan fingerprint density at radius 1 is 1.07 bits per heavy atom. The SMILES string of the molecule is O=C(Nc1cn[nH]c1-c1nc2ccc(CN3CCOCC3)cc2[nH]1)NC1CC1.O=C(O)[C@H]1O[C@@H](O)[C@H](O)[C@@H](O)[C@@H]1O. The van der Waals surface area contributed by atoms with Gasteiger partial charge in [0.05, 0.1) is 36.1 Å². The predicted molar refractivity (Wildman–Crippen MR) is 141 cm³/mol. The fraction of sp³-hybridized carbons (Fsp3) is 0.520. The highest BCUT2D eigenvalue weighted by molar-refractivity contribution is 5.93. The number of hydrogen-bond donors (Lipinski definition) is 9. The highest BCUT2D eigenvalue weighted by Gasteiger charge is 2.46. The van der Waals surface area contributed by atoms with Crippen LogP contribution in [-0.4, -0.2) is 126 Å². The molecule has 16 nitrogen and oxygen atoms in total. The molecule has 5 atom stereocenters. The second-order valence-electron chi connectivity index (χ2n) is 10.1. The third kappa shape index (κ3) is 6.99. The molecule has 2 saturated heterocycles. The van der Waals surface area contributed by atoms with Gasteiger partial charge in [-0.1, -0.05) is 6.07 Å². The minimum Gasteiger partial charge on any atom is -0.479 e. The summed E-state index contributed by atoms with van der Waals surface area (Å²) in [7, 11) is 0. The number of aliphatic carboxylic acids is 1. The number of nitrogens with one attached hydrogen (secondary N) is 4. The average Bonchev–Trinajstić information content (AvgIpc) is 3.47. The summed E-state index contributed by atoms with van der Waals surface area (Å²) in [6, 6.07) is 6.34. The Kier molecular flexibility index (Phi) is 8.79. The molecule has 2 aliphatic heterocycles. The van der Waals surface area contributed by atoms with Gasteiger partial charge in [-0.15, -0.1) is 0 Å². The number of fused-ring (bicyclic) bond motifs is 1. The number of carboxylic acids is 1. The number of nitrogens with zero attached hydrogens (tertiary/aromatic N) is 3. The second-order valence-corrected chi connectivity index (χ2v) is 10.1. The number of morpholine rings is 1. The van der Waals surface area contributed by atoms with Crippen molar-refractivity contribution < 1.29 is 44.6 Å². The summed E-state index contributed by atoms with van der Waals surface area (Å²) >= 11 is 0. The first kappa shape index (κ1) is 28.9. The summed E-state index contributed by atoms with van der Waals surface area (Å²) in [6.45, 7) is 4.39. The van der Waals surface area contributed by atoms with E-state index in [2.05, 4.69) is 52.6 Å². The van der Waals surface area contributed by atoms with Crippen molar-refractivity contribution >= 4 is 28.7 Å². The van der Waals surface area contributed by atoms with Crippen LogP contribution >= 0.6 is 0 Å². The van der Waals surface area contributed by atoms with Crippen molar-refractivity contribution in [3.8, 4) is 11.5 Å². The number of anilines is 1. The molecule has 0 spiro atoms. The number of carboxylic acid groups (broad SMARTS) is 1. The molecule has 4 heterocycles. The van der Waals surface area contributed by atoms with Gasteiger partial charge in [-0.2, -0.15) is 5.10 Å². The minimum absolute atomic E-state index is 0.214. The summed E-state index contributed by atoms with van der Waals surface area (Å²) in [5.41, 5.74) is 4.34. The zero-order valence-electron chi connectivity index (χ0n) is 21.9. The van der Waals surface area contributed by atoms with Crippen LogP contribution in [0.3, 0.4) is 0 Å². The van der Waals surface area contributed by atoms with Crippen LogP contribution < -0.4 is 10.6 Å². The molecule has 41 heavy (non-hydrogen) atoms. The number of amides is 2. The maximum atomic E-state index is 12.0. The van der Waals surface area contributed by atoms with E-state index >= 15 is 0 Å². The number of aliphatic hydroxyl groups excluding tert-OH is 4. The van der Waals surface area contributed by atoms with Crippen LogP contribution in [0.4, 0.5) is 10.5 Å². The van der Waals surface area contributed by atoms with Crippen molar-refractivity contribution in [2.75, 3.05) is 31.6 Å². The summed E-state index contributed by atoms with van der Waals surface area (Å²) in [5, 5.41) is 57.1. The lowest BCUT2D eigenvalue weighted by Crippen LogP contribution is -2.59. The Morgan fingerprint density at radius 2 is 1.83 bits per heavy atom. The van der Waals surface area contributed by atoms with E-state index in [0.29, 0.717) is 23.2 Å². The van der Waals surface area contributed by atoms with Crippen LogP contribution in [-0.2, 0) is 20.8 Å². The van der Waals surface area contributed by atoms with E-state index in [1.54, 1.807) is 6.20 Å².